The molecule has 0 atom stereocenters. The molecule has 0 bridgehead atoms. The minimum Gasteiger partial charge on any atom is -0.461 e. The molecule has 3 rings (SSSR count). The number of carbonyl (C=O) groups excluding carboxylic acids is 1. The van der Waals surface area contributed by atoms with Gasteiger partial charge in [-0.25, -0.2) is 14.8 Å². The lowest BCUT2D eigenvalue weighted by Gasteiger charge is -2.06. The van der Waals surface area contributed by atoms with Gasteiger partial charge in [-0.15, -0.1) is 0 Å². The Labute approximate surface area is 132 Å². The number of esters is 1. The number of nitrogens with zero attached hydrogens (tertiary/aromatic N) is 3. The van der Waals surface area contributed by atoms with Gasteiger partial charge in [0.15, 0.2) is 0 Å². The number of fused-ring (bicyclic) bond motifs is 1. The fraction of sp³-hybridized carbons (Fsp3) is 0.188. The molecule has 0 amide bonds. The molecule has 7 heteroatoms. The molecule has 0 aliphatic rings. The summed E-state index contributed by atoms with van der Waals surface area (Å²) in [5, 5.41) is 0.918. The molecule has 0 saturated heterocycles. The van der Waals surface area contributed by atoms with Crippen molar-refractivity contribution in [3.63, 3.8) is 0 Å². The third kappa shape index (κ3) is 2.94. The van der Waals surface area contributed by atoms with Gasteiger partial charge in [0, 0.05) is 18.5 Å². The number of rotatable bonds is 4. The predicted octanol–water partition coefficient (Wildman–Crippen LogP) is 2.52. The van der Waals surface area contributed by atoms with Gasteiger partial charge in [0.1, 0.15) is 11.4 Å². The van der Waals surface area contributed by atoms with Gasteiger partial charge in [-0.1, -0.05) is 0 Å². The summed E-state index contributed by atoms with van der Waals surface area (Å²) < 4.78 is 12.4. The van der Waals surface area contributed by atoms with Crippen molar-refractivity contribution in [2.45, 2.75) is 6.92 Å². The van der Waals surface area contributed by atoms with Crippen molar-refractivity contribution in [1.29, 1.82) is 0 Å². The highest BCUT2D eigenvalue weighted by Gasteiger charge is 2.15. The Balaban J connectivity index is 1.93. The van der Waals surface area contributed by atoms with Crippen LogP contribution in [0.1, 0.15) is 17.4 Å². The molecule has 0 unspecified atom stereocenters. The molecule has 0 radical (unpaired) electrons. The van der Waals surface area contributed by atoms with Crippen LogP contribution in [0.4, 0.5) is 5.69 Å². The second-order valence-corrected chi connectivity index (χ2v) is 4.93. The molecule has 0 aliphatic heterocycles. The van der Waals surface area contributed by atoms with Gasteiger partial charge < -0.3 is 19.8 Å². The lowest BCUT2D eigenvalue weighted by atomic mass is 10.2. The molecule has 23 heavy (non-hydrogen) atoms. The summed E-state index contributed by atoms with van der Waals surface area (Å²) >= 11 is 0. The first-order valence-corrected chi connectivity index (χ1v) is 7.10. The van der Waals surface area contributed by atoms with Gasteiger partial charge in [0.25, 0.3) is 0 Å². The molecule has 0 aliphatic carbocycles. The summed E-state index contributed by atoms with van der Waals surface area (Å²) in [6, 6.07) is 7.47. The Morgan fingerprint density at radius 1 is 1.26 bits per heavy atom. The number of ether oxygens (including phenoxy) is 2. The fourth-order valence-electron chi connectivity index (χ4n) is 2.26. The van der Waals surface area contributed by atoms with Crippen LogP contribution in [0.3, 0.4) is 0 Å². The van der Waals surface area contributed by atoms with Crippen LogP contribution in [0.5, 0.6) is 11.8 Å². The van der Waals surface area contributed by atoms with Crippen molar-refractivity contribution in [2.24, 2.45) is 7.05 Å². The van der Waals surface area contributed by atoms with Gasteiger partial charge in [0.05, 0.1) is 30.2 Å². The van der Waals surface area contributed by atoms with Crippen molar-refractivity contribution in [2.75, 3.05) is 12.3 Å². The zero-order valence-corrected chi connectivity index (χ0v) is 12.8. The number of benzene rings is 1. The average molecular weight is 312 g/mol. The minimum absolute atomic E-state index is 0.207. The Kier molecular flexibility index (Phi) is 3.84. The van der Waals surface area contributed by atoms with E-state index in [0.717, 1.165) is 10.9 Å². The normalized spacial score (nSPS) is 10.7. The highest BCUT2D eigenvalue weighted by Crippen LogP contribution is 2.26. The standard InChI is InChI=1S/C16H16N4O3/c1-3-22-15(21)14-6-10-4-5-12(7-13(10)20(14)2)23-16-18-8-11(17)9-19-16/h4-9H,3,17H2,1-2H3. The van der Waals surface area contributed by atoms with E-state index in [4.69, 9.17) is 15.2 Å². The zero-order chi connectivity index (χ0) is 16.4. The number of nitrogens with two attached hydrogens (primary N) is 1. The topological polar surface area (TPSA) is 92.3 Å². The van der Waals surface area contributed by atoms with E-state index in [1.54, 1.807) is 30.7 Å². The number of anilines is 1. The Morgan fingerprint density at radius 3 is 2.70 bits per heavy atom. The van der Waals surface area contributed by atoms with Crippen LogP contribution in [0.25, 0.3) is 10.9 Å². The highest BCUT2D eigenvalue weighted by atomic mass is 16.5. The van der Waals surface area contributed by atoms with Gasteiger partial charge in [-0.05, 0) is 25.1 Å². The summed E-state index contributed by atoms with van der Waals surface area (Å²) in [7, 11) is 1.80. The van der Waals surface area contributed by atoms with Crippen molar-refractivity contribution in [3.8, 4) is 11.8 Å². The molecule has 0 fully saturated rings. The minimum atomic E-state index is -0.351. The SMILES string of the molecule is CCOC(=O)c1cc2ccc(Oc3ncc(N)cn3)cc2n1C. The number of aromatic nitrogens is 3. The molecule has 1 aromatic carbocycles. The van der Waals surface area contributed by atoms with Gasteiger partial charge >= 0.3 is 12.0 Å². The molecule has 0 spiro atoms. The maximum Gasteiger partial charge on any atom is 0.354 e. The van der Waals surface area contributed by atoms with Crippen LogP contribution in [0.2, 0.25) is 0 Å². The smallest absolute Gasteiger partial charge is 0.354 e. The van der Waals surface area contributed by atoms with Crippen molar-refractivity contribution >= 4 is 22.6 Å². The lowest BCUT2D eigenvalue weighted by molar-refractivity contribution is 0.0516. The van der Waals surface area contributed by atoms with Crippen LogP contribution in [0, 0.1) is 0 Å². The number of nitrogen functional groups attached to an aromatic ring is 1. The lowest BCUT2D eigenvalue weighted by Crippen LogP contribution is -2.09. The zero-order valence-electron chi connectivity index (χ0n) is 12.8. The molecular formula is C16H16N4O3. The summed E-state index contributed by atoms with van der Waals surface area (Å²) in [6.07, 6.45) is 2.95. The highest BCUT2D eigenvalue weighted by molar-refractivity contribution is 5.96. The van der Waals surface area contributed by atoms with E-state index in [9.17, 15) is 4.79 Å². The molecule has 2 N–H and O–H groups in total. The second-order valence-electron chi connectivity index (χ2n) is 4.93. The van der Waals surface area contributed by atoms with E-state index < -0.39 is 0 Å². The van der Waals surface area contributed by atoms with E-state index in [1.165, 1.54) is 12.4 Å². The quantitative estimate of drug-likeness (QED) is 0.744. The van der Waals surface area contributed by atoms with E-state index in [0.29, 0.717) is 23.7 Å². The number of aryl methyl sites for hydroxylation is 1. The summed E-state index contributed by atoms with van der Waals surface area (Å²) in [6.45, 7) is 2.11. The summed E-state index contributed by atoms with van der Waals surface area (Å²) in [5.41, 5.74) is 7.35. The maximum absolute atomic E-state index is 11.9. The van der Waals surface area contributed by atoms with Gasteiger partial charge in [0.2, 0.25) is 0 Å². The first-order valence-electron chi connectivity index (χ1n) is 7.10. The van der Waals surface area contributed by atoms with Crippen molar-refractivity contribution in [3.05, 3.63) is 42.4 Å². The predicted molar refractivity (Wildman–Crippen MR) is 85.4 cm³/mol. The first kappa shape index (κ1) is 14.8. The van der Waals surface area contributed by atoms with Gasteiger partial charge in [-0.3, -0.25) is 0 Å². The van der Waals surface area contributed by atoms with E-state index in [2.05, 4.69) is 9.97 Å². The molecular weight excluding hydrogens is 296 g/mol. The van der Waals surface area contributed by atoms with Crippen molar-refractivity contribution in [1.82, 2.24) is 14.5 Å². The molecule has 3 aromatic rings. The molecule has 2 aromatic heterocycles. The Bertz CT molecular complexity index is 856. The Hall–Kier alpha value is -3.09. The van der Waals surface area contributed by atoms with Crippen molar-refractivity contribution < 1.29 is 14.3 Å². The van der Waals surface area contributed by atoms with E-state index in [-0.39, 0.29) is 12.0 Å². The van der Waals surface area contributed by atoms with Crippen LogP contribution < -0.4 is 10.5 Å². The molecule has 2 heterocycles. The van der Waals surface area contributed by atoms with Crippen LogP contribution in [0.15, 0.2) is 36.7 Å². The van der Waals surface area contributed by atoms with Crippen LogP contribution in [-0.4, -0.2) is 27.1 Å². The molecule has 7 nitrogen and oxygen atoms in total. The average Bonchev–Trinajstić information content (AvgIpc) is 2.87. The molecule has 118 valence electrons. The van der Waals surface area contributed by atoms with E-state index in [1.807, 2.05) is 12.1 Å². The third-order valence-corrected chi connectivity index (χ3v) is 3.36. The van der Waals surface area contributed by atoms with Crippen LogP contribution in [-0.2, 0) is 11.8 Å². The molecule has 0 saturated carbocycles. The number of hydrogen-bond acceptors (Lipinski definition) is 6. The summed E-state index contributed by atoms with van der Waals surface area (Å²) in [5.74, 6) is 0.217. The monoisotopic (exact) mass is 312 g/mol. The fourth-order valence-corrected chi connectivity index (χ4v) is 2.26. The third-order valence-electron chi connectivity index (χ3n) is 3.36. The van der Waals surface area contributed by atoms with Crippen LogP contribution >= 0.6 is 0 Å². The largest absolute Gasteiger partial charge is 0.461 e. The second kappa shape index (κ2) is 5.96. The Morgan fingerprint density at radius 2 is 2.00 bits per heavy atom. The van der Waals surface area contributed by atoms with E-state index >= 15 is 0 Å². The maximum atomic E-state index is 11.9. The number of hydrogen-bond donors (Lipinski definition) is 1. The number of carbonyl (C=O) groups is 1. The first-order chi connectivity index (χ1) is 11.1. The van der Waals surface area contributed by atoms with Gasteiger partial charge in [-0.2, -0.15) is 0 Å². The summed E-state index contributed by atoms with van der Waals surface area (Å²) in [4.78, 5) is 19.9.